The lowest BCUT2D eigenvalue weighted by Gasteiger charge is -2.20. The summed E-state index contributed by atoms with van der Waals surface area (Å²) >= 11 is 1.62. The molecular formula is C26H30N6O3S. The highest BCUT2D eigenvalue weighted by molar-refractivity contribution is 7.13. The number of furan rings is 1. The van der Waals surface area contributed by atoms with Crippen LogP contribution in [0.4, 0.5) is 5.13 Å². The Balaban J connectivity index is 1.37. The summed E-state index contributed by atoms with van der Waals surface area (Å²) in [5.41, 5.74) is 3.93. The summed E-state index contributed by atoms with van der Waals surface area (Å²) in [5.74, 6) is 1.97. The topological polar surface area (TPSA) is 81.2 Å². The van der Waals surface area contributed by atoms with Crippen molar-refractivity contribution in [1.29, 1.82) is 0 Å². The van der Waals surface area contributed by atoms with E-state index >= 15 is 0 Å². The summed E-state index contributed by atoms with van der Waals surface area (Å²) in [6.07, 6.45) is 1.86. The summed E-state index contributed by atoms with van der Waals surface area (Å²) in [4.78, 5) is 13.9. The molecule has 4 heterocycles. The molecule has 1 aromatic carbocycles. The van der Waals surface area contributed by atoms with Crippen LogP contribution in [-0.2, 0) is 6.61 Å². The van der Waals surface area contributed by atoms with Crippen molar-refractivity contribution in [3.05, 3.63) is 53.3 Å². The van der Waals surface area contributed by atoms with E-state index in [2.05, 4.69) is 40.9 Å². The van der Waals surface area contributed by atoms with E-state index in [1.807, 2.05) is 48.8 Å². The molecule has 0 bridgehead atoms. The fourth-order valence-electron chi connectivity index (χ4n) is 3.81. The van der Waals surface area contributed by atoms with Gasteiger partial charge in [0.25, 0.3) is 0 Å². The minimum Gasteiger partial charge on any atom is -0.496 e. The minimum absolute atomic E-state index is 0.347. The number of benzene rings is 1. The first-order chi connectivity index (χ1) is 17.4. The van der Waals surface area contributed by atoms with E-state index in [1.54, 1.807) is 23.0 Å². The summed E-state index contributed by atoms with van der Waals surface area (Å²) in [6, 6.07) is 9.55. The van der Waals surface area contributed by atoms with E-state index in [0.29, 0.717) is 35.1 Å². The molecule has 0 aliphatic heterocycles. The molecule has 0 unspecified atom stereocenters. The molecule has 0 atom stereocenters. The first-order valence-corrected chi connectivity index (χ1v) is 12.7. The molecule has 0 N–H and O–H groups in total. The fraction of sp³-hybridized carbons (Fsp3) is 0.346. The number of fused-ring (bicyclic) bond motifs is 2. The third-order valence-corrected chi connectivity index (χ3v) is 7.12. The molecule has 0 fully saturated rings. The van der Waals surface area contributed by atoms with Crippen LogP contribution in [0, 0.1) is 6.92 Å². The highest BCUT2D eigenvalue weighted by Crippen LogP contribution is 2.37. The van der Waals surface area contributed by atoms with Gasteiger partial charge in [-0.2, -0.15) is 5.10 Å². The Morgan fingerprint density at radius 3 is 2.78 bits per heavy atom. The molecule has 10 heteroatoms. The van der Waals surface area contributed by atoms with Gasteiger partial charge >= 0.3 is 0 Å². The molecule has 0 aliphatic rings. The normalized spacial score (nSPS) is 11.6. The summed E-state index contributed by atoms with van der Waals surface area (Å²) in [5, 5.41) is 8.35. The van der Waals surface area contributed by atoms with E-state index in [0.717, 1.165) is 47.2 Å². The SMILES string of the molecule is CCN(C)CCN(C)c1nc(COc2cc(OC)cc3oc(-c4cn5nc(C)ccc5n4)cc23)cs1. The lowest BCUT2D eigenvalue weighted by atomic mass is 10.2. The number of aryl methyl sites for hydroxylation is 1. The van der Waals surface area contributed by atoms with Crippen molar-refractivity contribution in [2.45, 2.75) is 20.5 Å². The average molecular weight is 507 g/mol. The van der Waals surface area contributed by atoms with Crippen LogP contribution in [0.3, 0.4) is 0 Å². The zero-order valence-corrected chi connectivity index (χ0v) is 22.0. The van der Waals surface area contributed by atoms with Crippen LogP contribution in [0.5, 0.6) is 11.5 Å². The summed E-state index contributed by atoms with van der Waals surface area (Å²) in [6.45, 7) is 7.40. The number of likely N-dealkylation sites (N-methyl/N-ethyl adjacent to an activating group) is 2. The summed E-state index contributed by atoms with van der Waals surface area (Å²) < 4.78 is 19.6. The maximum absolute atomic E-state index is 6.22. The van der Waals surface area contributed by atoms with Gasteiger partial charge < -0.3 is 23.7 Å². The van der Waals surface area contributed by atoms with Crippen LogP contribution < -0.4 is 14.4 Å². The number of aromatic nitrogens is 4. The van der Waals surface area contributed by atoms with Gasteiger partial charge in [0.2, 0.25) is 0 Å². The predicted octanol–water partition coefficient (Wildman–Crippen LogP) is 4.88. The number of hydrogen-bond donors (Lipinski definition) is 0. The Hall–Kier alpha value is -3.63. The zero-order valence-electron chi connectivity index (χ0n) is 21.2. The van der Waals surface area contributed by atoms with E-state index in [1.165, 1.54) is 0 Å². The minimum atomic E-state index is 0.347. The van der Waals surface area contributed by atoms with Crippen molar-refractivity contribution in [2.75, 3.05) is 45.7 Å². The smallest absolute Gasteiger partial charge is 0.185 e. The number of hydrogen-bond acceptors (Lipinski definition) is 9. The Morgan fingerprint density at radius 2 is 1.97 bits per heavy atom. The van der Waals surface area contributed by atoms with Gasteiger partial charge in [-0.05, 0) is 38.7 Å². The van der Waals surface area contributed by atoms with Gasteiger partial charge in [0.1, 0.15) is 29.4 Å². The van der Waals surface area contributed by atoms with Crippen LogP contribution in [0.1, 0.15) is 18.3 Å². The molecule has 0 radical (unpaired) electrons. The number of anilines is 1. The van der Waals surface area contributed by atoms with Crippen molar-refractivity contribution < 1.29 is 13.9 Å². The number of rotatable bonds is 10. The van der Waals surface area contributed by atoms with Gasteiger partial charge in [-0.25, -0.2) is 14.5 Å². The Kier molecular flexibility index (Phi) is 6.80. The maximum atomic E-state index is 6.22. The number of ether oxygens (including phenoxy) is 2. The Labute approximate surface area is 213 Å². The van der Waals surface area contributed by atoms with Crippen molar-refractivity contribution in [1.82, 2.24) is 24.5 Å². The third kappa shape index (κ3) is 5.00. The molecule has 0 amide bonds. The zero-order chi connectivity index (χ0) is 25.2. The second-order valence-electron chi connectivity index (χ2n) is 8.78. The number of imidazole rings is 1. The first-order valence-electron chi connectivity index (χ1n) is 11.9. The second kappa shape index (κ2) is 10.2. The van der Waals surface area contributed by atoms with Gasteiger partial charge in [-0.1, -0.05) is 6.92 Å². The Bertz CT molecular complexity index is 1490. The molecular weight excluding hydrogens is 476 g/mol. The summed E-state index contributed by atoms with van der Waals surface area (Å²) in [7, 11) is 5.82. The van der Waals surface area contributed by atoms with Crippen LogP contribution in [0.2, 0.25) is 0 Å². The molecule has 0 aliphatic carbocycles. The monoisotopic (exact) mass is 506 g/mol. The van der Waals surface area contributed by atoms with Gasteiger partial charge in [-0.15, -0.1) is 11.3 Å². The predicted molar refractivity (Wildman–Crippen MR) is 142 cm³/mol. The molecule has 188 valence electrons. The van der Waals surface area contributed by atoms with Gasteiger partial charge in [0, 0.05) is 37.6 Å². The van der Waals surface area contributed by atoms with Crippen LogP contribution in [0.25, 0.3) is 28.1 Å². The quantitative estimate of drug-likeness (QED) is 0.265. The maximum Gasteiger partial charge on any atom is 0.185 e. The molecule has 0 saturated carbocycles. The molecule has 9 nitrogen and oxygen atoms in total. The van der Waals surface area contributed by atoms with E-state index in [4.69, 9.17) is 18.9 Å². The molecule has 5 aromatic rings. The highest BCUT2D eigenvalue weighted by atomic mass is 32.1. The highest BCUT2D eigenvalue weighted by Gasteiger charge is 2.17. The van der Waals surface area contributed by atoms with Crippen LogP contribution in [-0.4, -0.2) is 65.3 Å². The molecule has 0 saturated heterocycles. The van der Waals surface area contributed by atoms with Crippen molar-refractivity contribution in [3.63, 3.8) is 0 Å². The number of thiazole rings is 1. The van der Waals surface area contributed by atoms with Crippen molar-refractivity contribution in [3.8, 4) is 23.0 Å². The fourth-order valence-corrected chi connectivity index (χ4v) is 4.61. The average Bonchev–Trinajstić information content (AvgIpc) is 3.62. The third-order valence-electron chi connectivity index (χ3n) is 6.11. The van der Waals surface area contributed by atoms with Crippen LogP contribution in [0.15, 0.2) is 46.3 Å². The van der Waals surface area contributed by atoms with Crippen molar-refractivity contribution >= 4 is 33.1 Å². The first kappa shape index (κ1) is 24.1. The van der Waals surface area contributed by atoms with Crippen LogP contribution >= 0.6 is 11.3 Å². The largest absolute Gasteiger partial charge is 0.496 e. The number of methoxy groups -OCH3 is 1. The molecule has 5 rings (SSSR count). The molecule has 0 spiro atoms. The standard InChI is InChI=1S/C26H30N6O3S/c1-6-30(3)9-10-31(4)26-27-18(16-36-26)15-34-22-11-19(33-5)12-23-20(22)13-24(35-23)21-14-32-25(28-21)8-7-17(2)29-32/h7-8,11-14,16H,6,9-10,15H2,1-5H3. The van der Waals surface area contributed by atoms with Gasteiger partial charge in [0.15, 0.2) is 16.5 Å². The lowest BCUT2D eigenvalue weighted by Crippen LogP contribution is -2.30. The molecule has 36 heavy (non-hydrogen) atoms. The van der Waals surface area contributed by atoms with E-state index < -0.39 is 0 Å². The Morgan fingerprint density at radius 1 is 1.11 bits per heavy atom. The second-order valence-corrected chi connectivity index (χ2v) is 9.62. The van der Waals surface area contributed by atoms with E-state index in [-0.39, 0.29) is 0 Å². The number of nitrogens with zero attached hydrogens (tertiary/aromatic N) is 6. The van der Waals surface area contributed by atoms with Gasteiger partial charge in [0.05, 0.1) is 30.1 Å². The van der Waals surface area contributed by atoms with E-state index in [9.17, 15) is 0 Å². The lowest BCUT2D eigenvalue weighted by molar-refractivity contribution is 0.303. The molecule has 4 aromatic heterocycles. The van der Waals surface area contributed by atoms with Gasteiger partial charge in [-0.3, -0.25) is 0 Å². The van der Waals surface area contributed by atoms with Crippen molar-refractivity contribution in [2.24, 2.45) is 0 Å².